The molecule has 1 aromatic rings. The Bertz CT molecular complexity index is 596. The standard InChI is InChI=1S/C18H20O/c1-18-9-2-3-17(18)16-6-4-12-11-13(19)5-7-14(12)15(16)8-10-18/h2,5-7,9,11,15,17,19H,3-4,8,10H2,1H3/t15-,17+,18+/m1/s1. The molecule has 0 saturated heterocycles. The minimum atomic E-state index is 0.400. The van der Waals surface area contributed by atoms with Crippen molar-refractivity contribution >= 4 is 0 Å². The second-order valence-electron chi connectivity index (χ2n) is 6.58. The summed E-state index contributed by atoms with van der Waals surface area (Å²) in [7, 11) is 0. The maximum Gasteiger partial charge on any atom is 0.115 e. The van der Waals surface area contributed by atoms with E-state index in [0.717, 1.165) is 6.42 Å². The Morgan fingerprint density at radius 3 is 3.11 bits per heavy atom. The zero-order chi connectivity index (χ0) is 13.0. The highest BCUT2D eigenvalue weighted by molar-refractivity contribution is 5.47. The highest BCUT2D eigenvalue weighted by Gasteiger charge is 2.44. The fourth-order valence-corrected chi connectivity index (χ4v) is 4.45. The van der Waals surface area contributed by atoms with Crippen LogP contribution in [0.15, 0.2) is 42.0 Å². The predicted octanol–water partition coefficient (Wildman–Crippen LogP) is 4.33. The van der Waals surface area contributed by atoms with Crippen molar-refractivity contribution in [1.29, 1.82) is 0 Å². The third-order valence-corrected chi connectivity index (χ3v) is 5.50. The third-order valence-electron chi connectivity index (χ3n) is 5.50. The molecule has 0 radical (unpaired) electrons. The lowest BCUT2D eigenvalue weighted by atomic mass is 9.60. The van der Waals surface area contributed by atoms with Crippen molar-refractivity contribution in [1.82, 2.24) is 0 Å². The molecule has 1 N–H and O–H groups in total. The van der Waals surface area contributed by atoms with Gasteiger partial charge in [0.2, 0.25) is 0 Å². The van der Waals surface area contributed by atoms with Crippen LogP contribution in [0.1, 0.15) is 43.2 Å². The zero-order valence-corrected chi connectivity index (χ0v) is 11.4. The number of aromatic hydroxyl groups is 1. The van der Waals surface area contributed by atoms with E-state index in [0.29, 0.717) is 23.0 Å². The number of fused-ring (bicyclic) bond motifs is 5. The van der Waals surface area contributed by atoms with E-state index in [9.17, 15) is 5.11 Å². The Morgan fingerprint density at radius 1 is 1.32 bits per heavy atom. The second kappa shape index (κ2) is 3.75. The summed E-state index contributed by atoms with van der Waals surface area (Å²) in [5, 5.41) is 9.64. The highest BCUT2D eigenvalue weighted by atomic mass is 16.3. The predicted molar refractivity (Wildman–Crippen MR) is 77.2 cm³/mol. The molecule has 0 heterocycles. The van der Waals surface area contributed by atoms with E-state index >= 15 is 0 Å². The molecular weight excluding hydrogens is 232 g/mol. The van der Waals surface area contributed by atoms with E-state index in [1.807, 2.05) is 12.1 Å². The van der Waals surface area contributed by atoms with Crippen LogP contribution < -0.4 is 0 Å². The first kappa shape index (κ1) is 11.3. The first-order chi connectivity index (χ1) is 9.17. The lowest BCUT2D eigenvalue weighted by molar-refractivity contribution is 0.232. The van der Waals surface area contributed by atoms with Gasteiger partial charge in [0.15, 0.2) is 0 Å². The van der Waals surface area contributed by atoms with Crippen LogP contribution in [0.4, 0.5) is 0 Å². The lowest BCUT2D eigenvalue weighted by Gasteiger charge is -2.44. The Labute approximate surface area is 114 Å². The van der Waals surface area contributed by atoms with E-state index in [4.69, 9.17) is 0 Å². The van der Waals surface area contributed by atoms with Crippen LogP contribution in [-0.4, -0.2) is 5.11 Å². The monoisotopic (exact) mass is 252 g/mol. The van der Waals surface area contributed by atoms with Crippen LogP contribution in [-0.2, 0) is 6.42 Å². The first-order valence-corrected chi connectivity index (χ1v) is 7.37. The number of allylic oxidation sites excluding steroid dienone is 4. The van der Waals surface area contributed by atoms with Gasteiger partial charge in [0.1, 0.15) is 5.75 Å². The molecule has 98 valence electrons. The van der Waals surface area contributed by atoms with Gasteiger partial charge in [-0.1, -0.05) is 36.8 Å². The molecule has 1 saturated carbocycles. The smallest absolute Gasteiger partial charge is 0.115 e. The van der Waals surface area contributed by atoms with Crippen LogP contribution in [0.5, 0.6) is 5.75 Å². The zero-order valence-electron chi connectivity index (χ0n) is 11.4. The fraction of sp³-hybridized carbons (Fsp3) is 0.444. The molecule has 0 bridgehead atoms. The number of hydrogen-bond donors (Lipinski definition) is 1. The minimum Gasteiger partial charge on any atom is -0.508 e. The van der Waals surface area contributed by atoms with Gasteiger partial charge in [-0.15, -0.1) is 0 Å². The normalized spacial score (nSPS) is 35.3. The second-order valence-corrected chi connectivity index (χ2v) is 6.58. The quantitative estimate of drug-likeness (QED) is 0.681. The number of rotatable bonds is 0. The van der Waals surface area contributed by atoms with Gasteiger partial charge in [0.25, 0.3) is 0 Å². The molecule has 0 unspecified atom stereocenters. The topological polar surface area (TPSA) is 20.2 Å². The molecule has 0 amide bonds. The van der Waals surface area contributed by atoms with Crippen molar-refractivity contribution in [3.63, 3.8) is 0 Å². The van der Waals surface area contributed by atoms with Gasteiger partial charge in [0, 0.05) is 5.92 Å². The largest absolute Gasteiger partial charge is 0.508 e. The third kappa shape index (κ3) is 1.54. The molecule has 0 aromatic heterocycles. The van der Waals surface area contributed by atoms with Gasteiger partial charge < -0.3 is 5.11 Å². The van der Waals surface area contributed by atoms with E-state index in [2.05, 4.69) is 31.2 Å². The van der Waals surface area contributed by atoms with E-state index in [1.165, 1.54) is 30.4 Å². The van der Waals surface area contributed by atoms with E-state index < -0.39 is 0 Å². The average molecular weight is 252 g/mol. The van der Waals surface area contributed by atoms with E-state index in [-0.39, 0.29) is 0 Å². The van der Waals surface area contributed by atoms with Crippen molar-refractivity contribution in [2.75, 3.05) is 0 Å². The Morgan fingerprint density at radius 2 is 2.21 bits per heavy atom. The Hall–Kier alpha value is -1.50. The van der Waals surface area contributed by atoms with Gasteiger partial charge in [-0.05, 0) is 60.3 Å². The number of phenolic OH excluding ortho intramolecular Hbond substituents is 1. The summed E-state index contributed by atoms with van der Waals surface area (Å²) in [6.45, 7) is 2.42. The number of benzene rings is 1. The van der Waals surface area contributed by atoms with Crippen LogP contribution in [0.3, 0.4) is 0 Å². The first-order valence-electron chi connectivity index (χ1n) is 7.37. The van der Waals surface area contributed by atoms with Gasteiger partial charge in [-0.25, -0.2) is 0 Å². The summed E-state index contributed by atoms with van der Waals surface area (Å²) in [4.78, 5) is 0. The molecule has 1 nitrogen and oxygen atoms in total. The number of hydrogen-bond acceptors (Lipinski definition) is 1. The fourth-order valence-electron chi connectivity index (χ4n) is 4.45. The minimum absolute atomic E-state index is 0.400. The van der Waals surface area contributed by atoms with Crippen molar-refractivity contribution < 1.29 is 5.11 Å². The summed E-state index contributed by atoms with van der Waals surface area (Å²) in [5.41, 5.74) is 4.85. The Kier molecular flexibility index (Phi) is 2.24. The lowest BCUT2D eigenvalue weighted by Crippen LogP contribution is -2.33. The van der Waals surface area contributed by atoms with Crippen LogP contribution in [0.25, 0.3) is 0 Å². The highest BCUT2D eigenvalue weighted by Crippen LogP contribution is 2.56. The maximum atomic E-state index is 9.64. The van der Waals surface area contributed by atoms with Crippen molar-refractivity contribution in [2.24, 2.45) is 11.3 Å². The molecule has 1 fully saturated rings. The molecule has 19 heavy (non-hydrogen) atoms. The molecule has 0 aliphatic heterocycles. The van der Waals surface area contributed by atoms with Crippen LogP contribution >= 0.6 is 0 Å². The van der Waals surface area contributed by atoms with Crippen molar-refractivity contribution in [3.05, 3.63) is 53.1 Å². The average Bonchev–Trinajstić information content (AvgIpc) is 2.79. The maximum absolute atomic E-state index is 9.64. The molecule has 3 aliphatic carbocycles. The van der Waals surface area contributed by atoms with Gasteiger partial charge in [-0.2, -0.15) is 0 Å². The van der Waals surface area contributed by atoms with E-state index in [1.54, 1.807) is 5.57 Å². The van der Waals surface area contributed by atoms with Crippen molar-refractivity contribution in [2.45, 2.75) is 38.5 Å². The number of phenols is 1. The van der Waals surface area contributed by atoms with Gasteiger partial charge in [0.05, 0.1) is 0 Å². The summed E-state index contributed by atoms with van der Waals surface area (Å²) in [6.07, 6.45) is 12.0. The summed E-state index contributed by atoms with van der Waals surface area (Å²) >= 11 is 0. The molecule has 0 spiro atoms. The summed E-state index contributed by atoms with van der Waals surface area (Å²) in [5.74, 6) is 1.72. The molecule has 1 heteroatoms. The molecule has 1 aromatic carbocycles. The Balaban J connectivity index is 1.77. The molecular formula is C18H20O. The van der Waals surface area contributed by atoms with Crippen LogP contribution in [0.2, 0.25) is 0 Å². The van der Waals surface area contributed by atoms with Crippen molar-refractivity contribution in [3.8, 4) is 5.75 Å². The summed E-state index contributed by atoms with van der Waals surface area (Å²) < 4.78 is 0. The summed E-state index contributed by atoms with van der Waals surface area (Å²) in [6, 6.07) is 5.94. The molecule has 3 atom stereocenters. The molecule has 3 aliphatic rings. The van der Waals surface area contributed by atoms with Gasteiger partial charge in [-0.3, -0.25) is 0 Å². The molecule has 4 rings (SSSR count). The SMILES string of the molecule is C[C@@]12C=CC[C@H]1C1=CCc3cc(O)ccc3[C@H]1CC2. The van der Waals surface area contributed by atoms with Gasteiger partial charge >= 0.3 is 0 Å². The van der Waals surface area contributed by atoms with Crippen LogP contribution in [0, 0.1) is 11.3 Å².